The SMILES string of the molecule is CC[C@]1(C)CC(=O)[C@]2(C)[C@H](CC[C@H]3[C@]4(C)CCC[C@@]32OC4=O)C1. The molecular formula is C20H30O3. The molecule has 23 heavy (non-hydrogen) atoms. The van der Waals surface area contributed by atoms with Crippen LogP contribution >= 0.6 is 0 Å². The minimum Gasteiger partial charge on any atom is -0.457 e. The van der Waals surface area contributed by atoms with Crippen LogP contribution in [-0.4, -0.2) is 17.4 Å². The van der Waals surface area contributed by atoms with Crippen molar-refractivity contribution < 1.29 is 14.3 Å². The van der Waals surface area contributed by atoms with Gasteiger partial charge >= 0.3 is 5.97 Å². The summed E-state index contributed by atoms with van der Waals surface area (Å²) in [5.41, 5.74) is -1.19. The fourth-order valence-corrected chi connectivity index (χ4v) is 6.79. The Hall–Kier alpha value is -0.860. The molecule has 6 atom stereocenters. The van der Waals surface area contributed by atoms with Gasteiger partial charge in [0.15, 0.2) is 0 Å². The average Bonchev–Trinajstić information content (AvgIpc) is 2.62. The topological polar surface area (TPSA) is 43.4 Å². The van der Waals surface area contributed by atoms with Crippen molar-refractivity contribution in [2.24, 2.45) is 28.1 Å². The molecule has 1 heterocycles. The highest BCUT2D eigenvalue weighted by Gasteiger charge is 2.75. The van der Waals surface area contributed by atoms with Gasteiger partial charge in [0.2, 0.25) is 0 Å². The molecule has 3 saturated carbocycles. The normalized spacial score (nSPS) is 55.1. The van der Waals surface area contributed by atoms with Crippen molar-refractivity contribution in [3.63, 3.8) is 0 Å². The Labute approximate surface area is 139 Å². The molecule has 128 valence electrons. The van der Waals surface area contributed by atoms with Crippen molar-refractivity contribution in [1.82, 2.24) is 0 Å². The minimum absolute atomic E-state index is 0.0292. The van der Waals surface area contributed by atoms with Gasteiger partial charge in [-0.2, -0.15) is 0 Å². The highest BCUT2D eigenvalue weighted by molar-refractivity contribution is 5.90. The maximum absolute atomic E-state index is 13.4. The third-order valence-corrected chi connectivity index (χ3v) is 8.58. The smallest absolute Gasteiger partial charge is 0.312 e. The van der Waals surface area contributed by atoms with Crippen molar-refractivity contribution >= 4 is 11.8 Å². The Balaban J connectivity index is 1.82. The fraction of sp³-hybridized carbons (Fsp3) is 0.900. The molecule has 1 aliphatic heterocycles. The molecule has 4 rings (SSSR count). The van der Waals surface area contributed by atoms with Gasteiger partial charge < -0.3 is 4.74 Å². The summed E-state index contributed by atoms with van der Waals surface area (Å²) in [6.07, 6.45) is 7.78. The molecule has 0 spiro atoms. The van der Waals surface area contributed by atoms with Gasteiger partial charge in [-0.1, -0.05) is 20.3 Å². The lowest BCUT2D eigenvalue weighted by molar-refractivity contribution is -0.203. The molecule has 3 aliphatic carbocycles. The molecule has 0 aromatic heterocycles. The van der Waals surface area contributed by atoms with E-state index in [1.54, 1.807) is 0 Å². The van der Waals surface area contributed by atoms with Crippen LogP contribution in [0.5, 0.6) is 0 Å². The van der Waals surface area contributed by atoms with Crippen molar-refractivity contribution in [3.8, 4) is 0 Å². The largest absolute Gasteiger partial charge is 0.457 e. The number of esters is 1. The molecule has 0 unspecified atom stereocenters. The van der Waals surface area contributed by atoms with E-state index in [0.29, 0.717) is 18.1 Å². The average molecular weight is 318 g/mol. The molecule has 4 aliphatic rings. The second-order valence-corrected chi connectivity index (χ2v) is 9.55. The first-order chi connectivity index (χ1) is 10.7. The van der Waals surface area contributed by atoms with E-state index in [0.717, 1.165) is 44.9 Å². The van der Waals surface area contributed by atoms with E-state index in [1.807, 2.05) is 0 Å². The Morgan fingerprint density at radius 1 is 1.13 bits per heavy atom. The number of Topliss-reactive ketones (excluding diaryl/α,β-unsaturated/α-hetero) is 1. The molecule has 0 aromatic rings. The Morgan fingerprint density at radius 2 is 1.87 bits per heavy atom. The molecule has 0 N–H and O–H groups in total. The molecule has 0 radical (unpaired) electrons. The van der Waals surface area contributed by atoms with Crippen LogP contribution in [0.1, 0.15) is 79.1 Å². The quantitative estimate of drug-likeness (QED) is 0.678. The fourth-order valence-electron chi connectivity index (χ4n) is 6.79. The highest BCUT2D eigenvalue weighted by atomic mass is 16.6. The monoisotopic (exact) mass is 318 g/mol. The van der Waals surface area contributed by atoms with Gasteiger partial charge in [-0.3, -0.25) is 9.59 Å². The zero-order valence-electron chi connectivity index (χ0n) is 15.0. The van der Waals surface area contributed by atoms with E-state index in [2.05, 4.69) is 27.7 Å². The molecule has 0 amide bonds. The predicted octanol–water partition coefficient (Wildman–Crippen LogP) is 4.28. The summed E-state index contributed by atoms with van der Waals surface area (Å²) in [6.45, 7) is 8.70. The van der Waals surface area contributed by atoms with Crippen LogP contribution in [0.4, 0.5) is 0 Å². The minimum atomic E-state index is -0.508. The zero-order valence-corrected chi connectivity index (χ0v) is 15.0. The van der Waals surface area contributed by atoms with Gasteiger partial charge in [-0.05, 0) is 63.7 Å². The van der Waals surface area contributed by atoms with Gasteiger partial charge in [0, 0.05) is 12.3 Å². The van der Waals surface area contributed by atoms with Crippen molar-refractivity contribution in [3.05, 3.63) is 0 Å². The summed E-state index contributed by atoms with van der Waals surface area (Å²) in [4.78, 5) is 26.1. The summed E-state index contributed by atoms with van der Waals surface area (Å²) >= 11 is 0. The number of fused-ring (bicyclic) bond motifs is 1. The molecule has 3 nitrogen and oxygen atoms in total. The van der Waals surface area contributed by atoms with Crippen LogP contribution in [0.3, 0.4) is 0 Å². The van der Waals surface area contributed by atoms with E-state index in [1.165, 1.54) is 0 Å². The summed E-state index contributed by atoms with van der Waals surface area (Å²) < 4.78 is 6.16. The van der Waals surface area contributed by atoms with Gasteiger partial charge in [0.25, 0.3) is 0 Å². The molecule has 1 saturated heterocycles. The van der Waals surface area contributed by atoms with Crippen LogP contribution in [-0.2, 0) is 14.3 Å². The number of hydrogen-bond acceptors (Lipinski definition) is 3. The van der Waals surface area contributed by atoms with Crippen LogP contribution in [0, 0.1) is 28.1 Å². The summed E-state index contributed by atoms with van der Waals surface area (Å²) in [5, 5.41) is 0. The van der Waals surface area contributed by atoms with E-state index in [4.69, 9.17) is 4.74 Å². The van der Waals surface area contributed by atoms with Crippen molar-refractivity contribution in [2.75, 3.05) is 0 Å². The van der Waals surface area contributed by atoms with Crippen molar-refractivity contribution in [1.29, 1.82) is 0 Å². The maximum Gasteiger partial charge on any atom is 0.312 e. The first-order valence-corrected chi connectivity index (χ1v) is 9.49. The lowest BCUT2D eigenvalue weighted by Gasteiger charge is -2.61. The lowest BCUT2D eigenvalue weighted by atomic mass is 9.42. The van der Waals surface area contributed by atoms with Crippen LogP contribution < -0.4 is 0 Å². The van der Waals surface area contributed by atoms with Crippen LogP contribution in [0.2, 0.25) is 0 Å². The molecule has 4 fully saturated rings. The lowest BCUT2D eigenvalue weighted by Crippen LogP contribution is -2.66. The van der Waals surface area contributed by atoms with E-state index in [-0.39, 0.29) is 22.7 Å². The highest BCUT2D eigenvalue weighted by Crippen LogP contribution is 2.70. The van der Waals surface area contributed by atoms with Gasteiger partial charge in [-0.25, -0.2) is 0 Å². The van der Waals surface area contributed by atoms with Gasteiger partial charge in [0.1, 0.15) is 11.4 Å². The van der Waals surface area contributed by atoms with Gasteiger partial charge in [0.05, 0.1) is 10.8 Å². The Morgan fingerprint density at radius 3 is 2.57 bits per heavy atom. The van der Waals surface area contributed by atoms with E-state index < -0.39 is 11.0 Å². The standard InChI is InChI=1S/C20H30O3/c1-5-17(2)11-13-7-8-14-18(3)9-6-10-20(14,23-16(18)22)19(13,4)15(21)12-17/h13-14H,5-12H2,1-4H3/t13-,14+,17+,18+,19+,20-/m1/s1. The second kappa shape index (κ2) is 4.40. The van der Waals surface area contributed by atoms with Gasteiger partial charge in [-0.15, -0.1) is 0 Å². The summed E-state index contributed by atoms with van der Waals surface area (Å²) in [7, 11) is 0. The van der Waals surface area contributed by atoms with Crippen molar-refractivity contribution in [2.45, 2.75) is 84.7 Å². The number of carbonyl (C=O) groups is 2. The van der Waals surface area contributed by atoms with Crippen LogP contribution in [0.25, 0.3) is 0 Å². The first kappa shape index (κ1) is 15.7. The molecule has 0 aromatic carbocycles. The van der Waals surface area contributed by atoms with E-state index >= 15 is 0 Å². The number of rotatable bonds is 1. The van der Waals surface area contributed by atoms with E-state index in [9.17, 15) is 9.59 Å². The second-order valence-electron chi connectivity index (χ2n) is 9.55. The Bertz CT molecular complexity index is 583. The molecule has 3 heteroatoms. The molecular weight excluding hydrogens is 288 g/mol. The third kappa shape index (κ3) is 1.62. The maximum atomic E-state index is 13.4. The third-order valence-electron chi connectivity index (χ3n) is 8.58. The number of hydrogen-bond donors (Lipinski definition) is 0. The molecule has 2 bridgehead atoms. The number of ether oxygens (including phenoxy) is 1. The zero-order chi connectivity index (χ0) is 16.7. The Kier molecular flexibility index (Phi) is 3.00. The first-order valence-electron chi connectivity index (χ1n) is 9.49. The summed E-state index contributed by atoms with van der Waals surface area (Å²) in [5.74, 6) is 0.950. The summed E-state index contributed by atoms with van der Waals surface area (Å²) in [6, 6.07) is 0. The number of ketones is 1. The number of carbonyl (C=O) groups excluding carboxylic acids is 2. The van der Waals surface area contributed by atoms with Crippen LogP contribution in [0.15, 0.2) is 0 Å². The predicted molar refractivity (Wildman–Crippen MR) is 87.7 cm³/mol.